The second-order valence-electron chi connectivity index (χ2n) is 8.07. The second kappa shape index (κ2) is 9.78. The van der Waals surface area contributed by atoms with E-state index in [4.69, 9.17) is 4.74 Å². The van der Waals surface area contributed by atoms with Gasteiger partial charge in [-0.1, -0.05) is 12.1 Å². The number of benzene rings is 1. The molecule has 1 N–H and O–H groups in total. The van der Waals surface area contributed by atoms with Gasteiger partial charge in [0.05, 0.1) is 22.8 Å². The van der Waals surface area contributed by atoms with Gasteiger partial charge in [-0.05, 0) is 37.1 Å². The molecule has 0 bridgehead atoms. The normalized spacial score (nSPS) is 18.9. The first-order valence-electron chi connectivity index (χ1n) is 10.9. The maximum Gasteiger partial charge on any atom is 0.417 e. The highest BCUT2D eigenvalue weighted by Crippen LogP contribution is 2.32. The van der Waals surface area contributed by atoms with Gasteiger partial charge in [0.2, 0.25) is 0 Å². The first-order valence-corrected chi connectivity index (χ1v) is 10.9. The summed E-state index contributed by atoms with van der Waals surface area (Å²) >= 11 is 0. The predicted molar refractivity (Wildman–Crippen MR) is 115 cm³/mol. The van der Waals surface area contributed by atoms with Crippen LogP contribution in [0.3, 0.4) is 0 Å². The van der Waals surface area contributed by atoms with Crippen molar-refractivity contribution in [2.45, 2.75) is 25.1 Å². The number of pyridine rings is 1. The first kappa shape index (κ1) is 23.0. The lowest BCUT2D eigenvalue weighted by atomic mass is 10.1. The van der Waals surface area contributed by atoms with Gasteiger partial charge >= 0.3 is 6.18 Å². The van der Waals surface area contributed by atoms with E-state index >= 15 is 0 Å². The molecule has 1 unspecified atom stereocenters. The Hall–Kier alpha value is -3.14. The van der Waals surface area contributed by atoms with Crippen LogP contribution < -0.4 is 10.2 Å². The number of nitrogens with zero attached hydrogens (tertiary/aromatic N) is 3. The van der Waals surface area contributed by atoms with E-state index in [1.165, 1.54) is 29.3 Å². The number of aromatic nitrogens is 1. The second-order valence-corrected chi connectivity index (χ2v) is 8.07. The quantitative estimate of drug-likeness (QED) is 0.740. The van der Waals surface area contributed by atoms with Gasteiger partial charge in [-0.2, -0.15) is 13.2 Å². The van der Waals surface area contributed by atoms with Crippen LogP contribution in [0.25, 0.3) is 0 Å². The Morgan fingerprint density at radius 1 is 1.09 bits per heavy atom. The van der Waals surface area contributed by atoms with Gasteiger partial charge in [0.25, 0.3) is 11.8 Å². The minimum Gasteiger partial charge on any atom is -0.376 e. The average Bonchev–Trinajstić information content (AvgIpc) is 3.35. The van der Waals surface area contributed by atoms with E-state index < -0.39 is 17.6 Å². The Labute approximate surface area is 189 Å². The fourth-order valence-corrected chi connectivity index (χ4v) is 4.05. The lowest BCUT2D eigenvalue weighted by Crippen LogP contribution is -2.49. The highest BCUT2D eigenvalue weighted by atomic mass is 19.4. The molecule has 2 saturated heterocycles. The summed E-state index contributed by atoms with van der Waals surface area (Å²) in [5.41, 5.74) is -0.822. The summed E-state index contributed by atoms with van der Waals surface area (Å²) in [4.78, 5) is 32.7. The molecule has 176 valence electrons. The SMILES string of the molecule is O=C(NCC1CCCO1)c1ccc(N2CCN(C(=O)c3ccccc3C(F)(F)F)CC2)nc1. The Bertz CT molecular complexity index is 983. The third kappa shape index (κ3) is 5.44. The van der Waals surface area contributed by atoms with Crippen LogP contribution in [-0.4, -0.2) is 67.1 Å². The Balaban J connectivity index is 1.32. The van der Waals surface area contributed by atoms with E-state index in [9.17, 15) is 22.8 Å². The molecule has 0 radical (unpaired) electrons. The molecule has 7 nitrogen and oxygen atoms in total. The molecule has 2 fully saturated rings. The van der Waals surface area contributed by atoms with Crippen molar-refractivity contribution in [1.29, 1.82) is 0 Å². The first-order chi connectivity index (χ1) is 15.8. The fraction of sp³-hybridized carbons (Fsp3) is 0.435. The van der Waals surface area contributed by atoms with Crippen molar-refractivity contribution in [3.05, 3.63) is 59.3 Å². The Morgan fingerprint density at radius 3 is 2.48 bits per heavy atom. The summed E-state index contributed by atoms with van der Waals surface area (Å²) < 4.78 is 45.3. The molecular weight excluding hydrogens is 437 g/mol. The number of piperazine rings is 1. The maximum absolute atomic E-state index is 13.3. The highest BCUT2D eigenvalue weighted by molar-refractivity contribution is 5.96. The van der Waals surface area contributed by atoms with E-state index in [2.05, 4.69) is 10.3 Å². The smallest absolute Gasteiger partial charge is 0.376 e. The highest BCUT2D eigenvalue weighted by Gasteiger charge is 2.36. The number of ether oxygens (including phenoxy) is 1. The summed E-state index contributed by atoms with van der Waals surface area (Å²) in [7, 11) is 0. The lowest BCUT2D eigenvalue weighted by Gasteiger charge is -2.35. The van der Waals surface area contributed by atoms with Crippen LogP contribution in [0.5, 0.6) is 0 Å². The summed E-state index contributed by atoms with van der Waals surface area (Å²) in [5, 5.41) is 2.85. The van der Waals surface area contributed by atoms with Crippen LogP contribution in [0.15, 0.2) is 42.6 Å². The number of amides is 2. The molecule has 3 heterocycles. The molecule has 10 heteroatoms. The zero-order valence-corrected chi connectivity index (χ0v) is 18.0. The summed E-state index contributed by atoms with van der Waals surface area (Å²) in [6.45, 7) is 2.60. The van der Waals surface area contributed by atoms with Gasteiger partial charge in [-0.15, -0.1) is 0 Å². The third-order valence-corrected chi connectivity index (χ3v) is 5.88. The van der Waals surface area contributed by atoms with Crippen molar-refractivity contribution in [1.82, 2.24) is 15.2 Å². The largest absolute Gasteiger partial charge is 0.417 e. The van der Waals surface area contributed by atoms with E-state index in [0.29, 0.717) is 31.0 Å². The van der Waals surface area contributed by atoms with Crippen molar-refractivity contribution in [3.8, 4) is 0 Å². The molecular formula is C23H25F3N4O3. The Morgan fingerprint density at radius 2 is 1.85 bits per heavy atom. The number of alkyl halides is 3. The molecule has 2 aliphatic rings. The summed E-state index contributed by atoms with van der Waals surface area (Å²) in [5.74, 6) is -0.203. The predicted octanol–water partition coefficient (Wildman–Crippen LogP) is 2.97. The maximum atomic E-state index is 13.3. The third-order valence-electron chi connectivity index (χ3n) is 5.88. The molecule has 1 atom stereocenters. The molecule has 4 rings (SSSR count). The topological polar surface area (TPSA) is 74.8 Å². The van der Waals surface area contributed by atoms with Gasteiger partial charge in [0, 0.05) is 45.5 Å². The van der Waals surface area contributed by atoms with Gasteiger partial charge in [0.1, 0.15) is 5.82 Å². The minimum atomic E-state index is -4.59. The van der Waals surface area contributed by atoms with Crippen molar-refractivity contribution in [2.24, 2.45) is 0 Å². The average molecular weight is 462 g/mol. The minimum absolute atomic E-state index is 0.0586. The zero-order valence-electron chi connectivity index (χ0n) is 18.0. The number of hydrogen-bond donors (Lipinski definition) is 1. The van der Waals surface area contributed by atoms with Crippen LogP contribution in [0, 0.1) is 0 Å². The van der Waals surface area contributed by atoms with Crippen molar-refractivity contribution in [2.75, 3.05) is 44.2 Å². The van der Waals surface area contributed by atoms with E-state index in [0.717, 1.165) is 25.5 Å². The van der Waals surface area contributed by atoms with Gasteiger partial charge < -0.3 is 19.9 Å². The Kier molecular flexibility index (Phi) is 6.83. The van der Waals surface area contributed by atoms with Gasteiger partial charge in [0.15, 0.2) is 0 Å². The van der Waals surface area contributed by atoms with Crippen molar-refractivity contribution < 1.29 is 27.5 Å². The molecule has 0 saturated carbocycles. The van der Waals surface area contributed by atoms with Crippen molar-refractivity contribution >= 4 is 17.6 Å². The van der Waals surface area contributed by atoms with Gasteiger partial charge in [-0.3, -0.25) is 9.59 Å². The van der Waals surface area contributed by atoms with Crippen LogP contribution >= 0.6 is 0 Å². The number of rotatable bonds is 5. The molecule has 1 aromatic heterocycles. The molecule has 2 aliphatic heterocycles. The van der Waals surface area contributed by atoms with E-state index in [1.54, 1.807) is 12.1 Å². The number of anilines is 1. The number of carbonyl (C=O) groups is 2. The molecule has 0 spiro atoms. The number of halogens is 3. The van der Waals surface area contributed by atoms with Crippen LogP contribution in [0.1, 0.15) is 39.1 Å². The standard InChI is InChI=1S/C23H25F3N4O3/c24-23(25,26)19-6-2-1-5-18(19)22(32)30-11-9-29(10-12-30)20-8-7-16(14-27-20)21(31)28-15-17-4-3-13-33-17/h1-2,5-8,14,17H,3-4,9-13,15H2,(H,28,31). The molecule has 2 aromatic rings. The van der Waals surface area contributed by atoms with Gasteiger partial charge in [-0.25, -0.2) is 4.98 Å². The fourth-order valence-electron chi connectivity index (χ4n) is 4.05. The van der Waals surface area contributed by atoms with Crippen molar-refractivity contribution in [3.63, 3.8) is 0 Å². The summed E-state index contributed by atoms with van der Waals surface area (Å²) in [6.07, 6.45) is -1.09. The number of carbonyl (C=O) groups excluding carboxylic acids is 2. The zero-order chi connectivity index (χ0) is 23.4. The molecule has 1 aromatic carbocycles. The monoisotopic (exact) mass is 462 g/mol. The number of hydrogen-bond acceptors (Lipinski definition) is 5. The molecule has 33 heavy (non-hydrogen) atoms. The van der Waals surface area contributed by atoms with E-state index in [1.807, 2.05) is 4.90 Å². The molecule has 0 aliphatic carbocycles. The lowest BCUT2D eigenvalue weighted by molar-refractivity contribution is -0.138. The van der Waals surface area contributed by atoms with Crippen LogP contribution in [0.4, 0.5) is 19.0 Å². The number of nitrogens with one attached hydrogen (secondary N) is 1. The van der Waals surface area contributed by atoms with E-state index in [-0.39, 0.29) is 30.7 Å². The van der Waals surface area contributed by atoms with Crippen LogP contribution in [0.2, 0.25) is 0 Å². The van der Waals surface area contributed by atoms with Crippen LogP contribution in [-0.2, 0) is 10.9 Å². The molecule has 2 amide bonds. The summed E-state index contributed by atoms with van der Waals surface area (Å²) in [6, 6.07) is 8.26.